The minimum absolute atomic E-state index is 0.411. The number of nitrogens with zero attached hydrogens (tertiary/aromatic N) is 2. The zero-order chi connectivity index (χ0) is 13.4. The van der Waals surface area contributed by atoms with Gasteiger partial charge in [0.15, 0.2) is 0 Å². The Labute approximate surface area is 109 Å². The summed E-state index contributed by atoms with van der Waals surface area (Å²) in [7, 11) is 0. The van der Waals surface area contributed by atoms with Crippen LogP contribution in [0.5, 0.6) is 5.88 Å². The van der Waals surface area contributed by atoms with Gasteiger partial charge in [0.2, 0.25) is 5.88 Å². The summed E-state index contributed by atoms with van der Waals surface area (Å²) in [6.07, 6.45) is 2.22. The van der Waals surface area contributed by atoms with E-state index in [4.69, 9.17) is 15.2 Å². The van der Waals surface area contributed by atoms with Crippen molar-refractivity contribution in [1.29, 1.82) is 0 Å². The van der Waals surface area contributed by atoms with Gasteiger partial charge in [0.1, 0.15) is 6.61 Å². The van der Waals surface area contributed by atoms with Gasteiger partial charge in [-0.2, -0.15) is 5.10 Å². The van der Waals surface area contributed by atoms with Crippen LogP contribution in [0.25, 0.3) is 0 Å². The lowest BCUT2D eigenvalue weighted by molar-refractivity contribution is 0.0957. The van der Waals surface area contributed by atoms with E-state index < -0.39 is 0 Å². The van der Waals surface area contributed by atoms with Crippen LogP contribution in [0.15, 0.2) is 0 Å². The predicted molar refractivity (Wildman–Crippen MR) is 70.6 cm³/mol. The van der Waals surface area contributed by atoms with E-state index >= 15 is 0 Å². The second-order valence-electron chi connectivity index (χ2n) is 4.21. The minimum Gasteiger partial charge on any atom is -0.474 e. The van der Waals surface area contributed by atoms with Crippen LogP contribution >= 0.6 is 0 Å². The fraction of sp³-hybridized carbons (Fsp3) is 0.692. The van der Waals surface area contributed by atoms with Crippen LogP contribution in [0.1, 0.15) is 36.6 Å². The third kappa shape index (κ3) is 4.23. The smallest absolute Gasteiger partial charge is 0.238 e. The van der Waals surface area contributed by atoms with Crippen LogP contribution in [0, 0.1) is 13.8 Å². The molecule has 0 aliphatic carbocycles. The lowest BCUT2D eigenvalue weighted by atomic mass is 10.1. The van der Waals surface area contributed by atoms with Gasteiger partial charge in [-0.05, 0) is 25.8 Å². The quantitative estimate of drug-likeness (QED) is 0.715. The highest BCUT2D eigenvalue weighted by molar-refractivity contribution is 5.34. The molecule has 5 nitrogen and oxygen atoms in total. The normalized spacial score (nSPS) is 10.7. The molecule has 18 heavy (non-hydrogen) atoms. The van der Waals surface area contributed by atoms with E-state index in [-0.39, 0.29) is 0 Å². The predicted octanol–water partition coefficient (Wildman–Crippen LogP) is 1.75. The zero-order valence-electron chi connectivity index (χ0n) is 11.5. The van der Waals surface area contributed by atoms with Gasteiger partial charge < -0.3 is 15.2 Å². The van der Waals surface area contributed by atoms with Gasteiger partial charge in [-0.15, -0.1) is 5.10 Å². The Balaban J connectivity index is 2.45. The number of unbranched alkanes of at least 4 members (excludes halogenated alkanes) is 1. The fourth-order valence-corrected chi connectivity index (χ4v) is 1.54. The van der Waals surface area contributed by atoms with Gasteiger partial charge in [0.05, 0.1) is 12.3 Å². The Bertz CT molecular complexity index is 369. The highest BCUT2D eigenvalue weighted by atomic mass is 16.5. The Morgan fingerprint density at radius 1 is 1.11 bits per heavy atom. The maximum atomic E-state index is 5.71. The van der Waals surface area contributed by atoms with E-state index in [2.05, 4.69) is 17.1 Å². The van der Waals surface area contributed by atoms with E-state index in [1.807, 2.05) is 13.8 Å². The largest absolute Gasteiger partial charge is 0.474 e. The molecule has 0 spiro atoms. The number of hydrogen-bond acceptors (Lipinski definition) is 5. The van der Waals surface area contributed by atoms with Crippen molar-refractivity contribution in [3.63, 3.8) is 0 Å². The van der Waals surface area contributed by atoms with Crippen molar-refractivity contribution in [3.05, 3.63) is 16.8 Å². The summed E-state index contributed by atoms with van der Waals surface area (Å²) in [4.78, 5) is 0. The average molecular weight is 253 g/mol. The molecule has 1 rings (SSSR count). The molecule has 0 unspecified atom stereocenters. The molecule has 5 heteroatoms. The van der Waals surface area contributed by atoms with Gasteiger partial charge in [0.25, 0.3) is 0 Å². The number of aromatic nitrogens is 2. The van der Waals surface area contributed by atoms with Crippen LogP contribution < -0.4 is 10.5 Å². The van der Waals surface area contributed by atoms with Crippen molar-refractivity contribution in [3.8, 4) is 5.88 Å². The van der Waals surface area contributed by atoms with Crippen LogP contribution in [0.2, 0.25) is 0 Å². The van der Waals surface area contributed by atoms with Crippen molar-refractivity contribution < 1.29 is 9.47 Å². The molecular formula is C13H23N3O2. The van der Waals surface area contributed by atoms with Gasteiger partial charge >= 0.3 is 0 Å². The molecule has 0 atom stereocenters. The first kappa shape index (κ1) is 14.9. The van der Waals surface area contributed by atoms with Crippen LogP contribution in [-0.4, -0.2) is 30.0 Å². The molecule has 1 aromatic heterocycles. The Morgan fingerprint density at radius 2 is 1.89 bits per heavy atom. The highest BCUT2D eigenvalue weighted by Crippen LogP contribution is 2.19. The van der Waals surface area contributed by atoms with Gasteiger partial charge in [-0.3, -0.25) is 0 Å². The number of rotatable bonds is 8. The molecule has 0 aromatic carbocycles. The lowest BCUT2D eigenvalue weighted by Crippen LogP contribution is -2.13. The first-order chi connectivity index (χ1) is 8.70. The SMILES string of the molecule is CCCCOCCOc1nnc(C)c(C)c1CN. The maximum absolute atomic E-state index is 5.71. The Kier molecular flexibility index (Phi) is 6.60. The Hall–Kier alpha value is -1.20. The standard InChI is InChI=1S/C13H23N3O2/c1-4-5-6-17-7-8-18-13-12(9-14)10(2)11(3)15-16-13/h4-9,14H2,1-3H3. The van der Waals surface area contributed by atoms with E-state index in [0.717, 1.165) is 36.3 Å². The average Bonchev–Trinajstić information content (AvgIpc) is 2.38. The lowest BCUT2D eigenvalue weighted by Gasteiger charge is -2.12. The summed E-state index contributed by atoms with van der Waals surface area (Å²) in [6.45, 7) is 8.27. The first-order valence-corrected chi connectivity index (χ1v) is 6.44. The fourth-order valence-electron chi connectivity index (χ4n) is 1.54. The molecule has 1 aromatic rings. The number of aryl methyl sites for hydroxylation is 1. The molecule has 0 saturated heterocycles. The van der Waals surface area contributed by atoms with Crippen molar-refractivity contribution in [2.24, 2.45) is 5.73 Å². The number of hydrogen-bond donors (Lipinski definition) is 1. The van der Waals surface area contributed by atoms with Gasteiger partial charge in [-0.1, -0.05) is 13.3 Å². The molecule has 0 aliphatic heterocycles. The molecule has 0 amide bonds. The van der Waals surface area contributed by atoms with Crippen LogP contribution in [0.3, 0.4) is 0 Å². The monoisotopic (exact) mass is 253 g/mol. The summed E-state index contributed by atoms with van der Waals surface area (Å²) in [5.74, 6) is 0.527. The highest BCUT2D eigenvalue weighted by Gasteiger charge is 2.10. The topological polar surface area (TPSA) is 70.3 Å². The van der Waals surface area contributed by atoms with Gasteiger partial charge in [-0.25, -0.2) is 0 Å². The molecule has 0 saturated carbocycles. The first-order valence-electron chi connectivity index (χ1n) is 6.44. The second kappa shape index (κ2) is 8.00. The number of ether oxygens (including phenoxy) is 2. The van der Waals surface area contributed by atoms with Crippen LogP contribution in [0.4, 0.5) is 0 Å². The zero-order valence-corrected chi connectivity index (χ0v) is 11.5. The summed E-state index contributed by atoms with van der Waals surface area (Å²) in [5.41, 5.74) is 8.58. The van der Waals surface area contributed by atoms with E-state index in [1.165, 1.54) is 0 Å². The Morgan fingerprint density at radius 3 is 2.56 bits per heavy atom. The summed E-state index contributed by atoms with van der Waals surface area (Å²) >= 11 is 0. The van der Waals surface area contributed by atoms with Crippen molar-refractivity contribution in [2.45, 2.75) is 40.2 Å². The van der Waals surface area contributed by atoms with Crippen LogP contribution in [-0.2, 0) is 11.3 Å². The third-order valence-electron chi connectivity index (χ3n) is 2.86. The summed E-state index contributed by atoms with van der Waals surface area (Å²) < 4.78 is 11.0. The molecule has 0 fully saturated rings. The molecular weight excluding hydrogens is 230 g/mol. The summed E-state index contributed by atoms with van der Waals surface area (Å²) in [5, 5.41) is 8.08. The molecule has 1 heterocycles. The molecule has 2 N–H and O–H groups in total. The number of nitrogens with two attached hydrogens (primary N) is 1. The van der Waals surface area contributed by atoms with E-state index in [0.29, 0.717) is 25.6 Å². The molecule has 0 aliphatic rings. The molecule has 0 bridgehead atoms. The van der Waals surface area contributed by atoms with Crippen molar-refractivity contribution >= 4 is 0 Å². The van der Waals surface area contributed by atoms with E-state index in [1.54, 1.807) is 0 Å². The molecule has 102 valence electrons. The van der Waals surface area contributed by atoms with Crippen molar-refractivity contribution in [1.82, 2.24) is 10.2 Å². The van der Waals surface area contributed by atoms with Crippen molar-refractivity contribution in [2.75, 3.05) is 19.8 Å². The van der Waals surface area contributed by atoms with Gasteiger partial charge in [0, 0.05) is 18.7 Å². The second-order valence-corrected chi connectivity index (χ2v) is 4.21. The molecule has 0 radical (unpaired) electrons. The maximum Gasteiger partial charge on any atom is 0.238 e. The third-order valence-corrected chi connectivity index (χ3v) is 2.86. The summed E-state index contributed by atoms with van der Waals surface area (Å²) in [6, 6.07) is 0. The minimum atomic E-state index is 0.411. The van der Waals surface area contributed by atoms with E-state index in [9.17, 15) is 0 Å².